The molecule has 0 bridgehead atoms. The van der Waals surface area contributed by atoms with Gasteiger partial charge in [-0.1, -0.05) is 12.8 Å². The van der Waals surface area contributed by atoms with E-state index < -0.39 is 0 Å². The van der Waals surface area contributed by atoms with Gasteiger partial charge in [-0.05, 0) is 33.6 Å². The summed E-state index contributed by atoms with van der Waals surface area (Å²) in [5, 5.41) is 2.99. The summed E-state index contributed by atoms with van der Waals surface area (Å²) < 4.78 is 0. The van der Waals surface area contributed by atoms with E-state index in [1.54, 1.807) is 4.90 Å². The summed E-state index contributed by atoms with van der Waals surface area (Å²) in [6.45, 7) is 7.23. The maximum atomic E-state index is 12.0. The molecule has 0 aromatic rings. The lowest BCUT2D eigenvalue weighted by Crippen LogP contribution is -2.49. The SMILES string of the molecule is CCN(CC)C(=O)C(C)NC(N)=NC1CCCC1. The van der Waals surface area contributed by atoms with Crippen LogP contribution in [0, 0.1) is 0 Å². The minimum absolute atomic E-state index is 0.0737. The average molecular weight is 254 g/mol. The topological polar surface area (TPSA) is 70.7 Å². The first kappa shape index (κ1) is 14.8. The number of carbonyl (C=O) groups is 1. The van der Waals surface area contributed by atoms with E-state index in [4.69, 9.17) is 5.73 Å². The smallest absolute Gasteiger partial charge is 0.244 e. The van der Waals surface area contributed by atoms with E-state index in [1.807, 2.05) is 20.8 Å². The third-order valence-electron chi connectivity index (χ3n) is 3.46. The number of carbonyl (C=O) groups excluding carboxylic acids is 1. The summed E-state index contributed by atoms with van der Waals surface area (Å²) in [5.74, 6) is 0.472. The molecule has 5 heteroatoms. The first-order valence-corrected chi connectivity index (χ1v) is 6.97. The molecule has 1 amide bonds. The zero-order chi connectivity index (χ0) is 13.5. The molecule has 1 unspecified atom stereocenters. The minimum atomic E-state index is -0.310. The Hall–Kier alpha value is -1.26. The molecule has 18 heavy (non-hydrogen) atoms. The second kappa shape index (κ2) is 7.24. The van der Waals surface area contributed by atoms with E-state index in [0.717, 1.165) is 25.9 Å². The van der Waals surface area contributed by atoms with Gasteiger partial charge in [-0.15, -0.1) is 0 Å². The Labute approximate surface area is 110 Å². The Morgan fingerprint density at radius 3 is 2.44 bits per heavy atom. The predicted octanol–water partition coefficient (Wildman–Crippen LogP) is 1.09. The number of amides is 1. The highest BCUT2D eigenvalue weighted by Crippen LogP contribution is 2.20. The number of hydrogen-bond donors (Lipinski definition) is 2. The molecular weight excluding hydrogens is 228 g/mol. The quantitative estimate of drug-likeness (QED) is 0.570. The van der Waals surface area contributed by atoms with Crippen molar-refractivity contribution in [1.29, 1.82) is 0 Å². The van der Waals surface area contributed by atoms with E-state index in [0.29, 0.717) is 12.0 Å². The lowest BCUT2D eigenvalue weighted by atomic mass is 10.2. The zero-order valence-electron chi connectivity index (χ0n) is 11.8. The Balaban J connectivity index is 2.47. The van der Waals surface area contributed by atoms with E-state index in [1.165, 1.54) is 12.8 Å². The van der Waals surface area contributed by atoms with Crippen LogP contribution >= 0.6 is 0 Å². The second-order valence-corrected chi connectivity index (χ2v) is 4.83. The minimum Gasteiger partial charge on any atom is -0.370 e. The van der Waals surface area contributed by atoms with E-state index in [2.05, 4.69) is 10.3 Å². The van der Waals surface area contributed by atoms with Gasteiger partial charge in [-0.2, -0.15) is 0 Å². The van der Waals surface area contributed by atoms with Gasteiger partial charge in [0.1, 0.15) is 6.04 Å². The van der Waals surface area contributed by atoms with E-state index >= 15 is 0 Å². The van der Waals surface area contributed by atoms with Crippen molar-refractivity contribution in [3.8, 4) is 0 Å². The van der Waals surface area contributed by atoms with Crippen LogP contribution < -0.4 is 11.1 Å². The molecule has 1 aliphatic rings. The van der Waals surface area contributed by atoms with Crippen molar-refractivity contribution in [2.75, 3.05) is 13.1 Å². The fourth-order valence-electron chi connectivity index (χ4n) is 2.36. The molecule has 0 aromatic heterocycles. The van der Waals surface area contributed by atoms with Crippen LogP contribution in [0.25, 0.3) is 0 Å². The van der Waals surface area contributed by atoms with Gasteiger partial charge in [0.25, 0.3) is 0 Å². The molecule has 5 nitrogen and oxygen atoms in total. The van der Waals surface area contributed by atoms with Gasteiger partial charge >= 0.3 is 0 Å². The van der Waals surface area contributed by atoms with Crippen LogP contribution in [0.4, 0.5) is 0 Å². The number of nitrogens with zero attached hydrogens (tertiary/aromatic N) is 2. The predicted molar refractivity (Wildman–Crippen MR) is 74.4 cm³/mol. The Kier molecular flexibility index (Phi) is 5.95. The summed E-state index contributed by atoms with van der Waals surface area (Å²) in [6.07, 6.45) is 4.69. The standard InChI is InChI=1S/C13H26N4O/c1-4-17(5-2)12(18)10(3)15-13(14)16-11-8-6-7-9-11/h10-11H,4-9H2,1-3H3,(H3,14,15,16). The average Bonchev–Trinajstić information content (AvgIpc) is 2.82. The van der Waals surface area contributed by atoms with Crippen molar-refractivity contribution in [2.45, 2.75) is 58.5 Å². The van der Waals surface area contributed by atoms with Crippen LogP contribution in [-0.2, 0) is 4.79 Å². The number of rotatable bonds is 5. The van der Waals surface area contributed by atoms with Crippen molar-refractivity contribution in [3.63, 3.8) is 0 Å². The van der Waals surface area contributed by atoms with Gasteiger partial charge in [0, 0.05) is 13.1 Å². The van der Waals surface area contributed by atoms with Crippen LogP contribution in [0.5, 0.6) is 0 Å². The summed E-state index contributed by atoms with van der Waals surface area (Å²) in [7, 11) is 0. The van der Waals surface area contributed by atoms with Crippen molar-refractivity contribution in [3.05, 3.63) is 0 Å². The third-order valence-corrected chi connectivity index (χ3v) is 3.46. The van der Waals surface area contributed by atoms with Crippen molar-refractivity contribution in [2.24, 2.45) is 10.7 Å². The Bertz CT molecular complexity index is 293. The Morgan fingerprint density at radius 2 is 1.94 bits per heavy atom. The van der Waals surface area contributed by atoms with Gasteiger partial charge in [0.2, 0.25) is 5.91 Å². The van der Waals surface area contributed by atoms with Crippen LogP contribution in [-0.4, -0.2) is 41.9 Å². The summed E-state index contributed by atoms with van der Waals surface area (Å²) in [5.41, 5.74) is 5.84. The molecule has 104 valence electrons. The molecular formula is C13H26N4O. The van der Waals surface area contributed by atoms with Crippen molar-refractivity contribution in [1.82, 2.24) is 10.2 Å². The maximum Gasteiger partial charge on any atom is 0.244 e. The number of guanidine groups is 1. The molecule has 1 saturated carbocycles. The van der Waals surface area contributed by atoms with Crippen LogP contribution in [0.1, 0.15) is 46.5 Å². The number of nitrogens with one attached hydrogen (secondary N) is 1. The summed E-state index contributed by atoms with van der Waals surface area (Å²) in [4.78, 5) is 18.2. The van der Waals surface area contributed by atoms with E-state index in [9.17, 15) is 4.79 Å². The molecule has 1 atom stereocenters. The Morgan fingerprint density at radius 1 is 1.39 bits per heavy atom. The first-order valence-electron chi connectivity index (χ1n) is 6.97. The largest absolute Gasteiger partial charge is 0.370 e. The zero-order valence-corrected chi connectivity index (χ0v) is 11.8. The highest BCUT2D eigenvalue weighted by Gasteiger charge is 2.19. The molecule has 0 saturated heterocycles. The highest BCUT2D eigenvalue weighted by atomic mass is 16.2. The molecule has 0 radical (unpaired) electrons. The number of hydrogen-bond acceptors (Lipinski definition) is 2. The lowest BCUT2D eigenvalue weighted by Gasteiger charge is -2.23. The monoisotopic (exact) mass is 254 g/mol. The van der Waals surface area contributed by atoms with Crippen LogP contribution in [0.2, 0.25) is 0 Å². The lowest BCUT2D eigenvalue weighted by molar-refractivity contribution is -0.132. The first-order chi connectivity index (χ1) is 8.58. The van der Waals surface area contributed by atoms with Gasteiger partial charge in [0.05, 0.1) is 6.04 Å². The fourth-order valence-corrected chi connectivity index (χ4v) is 2.36. The summed E-state index contributed by atoms with van der Waals surface area (Å²) in [6, 6.07) is 0.0308. The van der Waals surface area contributed by atoms with Gasteiger partial charge in [-0.3, -0.25) is 9.79 Å². The van der Waals surface area contributed by atoms with Gasteiger partial charge < -0.3 is 16.0 Å². The fraction of sp³-hybridized carbons (Fsp3) is 0.846. The molecule has 1 rings (SSSR count). The van der Waals surface area contributed by atoms with Crippen LogP contribution in [0.15, 0.2) is 4.99 Å². The highest BCUT2D eigenvalue weighted by molar-refractivity contribution is 5.88. The maximum absolute atomic E-state index is 12.0. The number of aliphatic imine (C=N–C) groups is 1. The third kappa shape index (κ3) is 4.20. The van der Waals surface area contributed by atoms with Crippen LogP contribution in [0.3, 0.4) is 0 Å². The second-order valence-electron chi connectivity index (χ2n) is 4.83. The van der Waals surface area contributed by atoms with Gasteiger partial charge in [-0.25, -0.2) is 0 Å². The molecule has 3 N–H and O–H groups in total. The summed E-state index contributed by atoms with van der Waals surface area (Å²) >= 11 is 0. The van der Waals surface area contributed by atoms with E-state index in [-0.39, 0.29) is 11.9 Å². The molecule has 0 heterocycles. The molecule has 1 fully saturated rings. The van der Waals surface area contributed by atoms with Gasteiger partial charge in [0.15, 0.2) is 5.96 Å². The molecule has 1 aliphatic carbocycles. The normalized spacial score (nSPS) is 18.7. The molecule has 0 aliphatic heterocycles. The molecule has 0 aromatic carbocycles. The number of likely N-dealkylation sites (N-methyl/N-ethyl adjacent to an activating group) is 1. The van der Waals surface area contributed by atoms with Crippen molar-refractivity contribution >= 4 is 11.9 Å². The number of nitrogens with two attached hydrogens (primary N) is 1. The van der Waals surface area contributed by atoms with Crippen molar-refractivity contribution < 1.29 is 4.79 Å². The molecule has 0 spiro atoms.